The second kappa shape index (κ2) is 7.37. The molecule has 8 heteroatoms. The Labute approximate surface area is 152 Å². The minimum Gasteiger partial charge on any atom is -0.495 e. The number of carbonyl (C=O) groups excluding carboxylic acids is 2. The summed E-state index contributed by atoms with van der Waals surface area (Å²) < 4.78 is 10.1. The summed E-state index contributed by atoms with van der Waals surface area (Å²) in [7, 11) is 1.46. The Morgan fingerprint density at radius 2 is 1.88 bits per heavy atom. The molecule has 3 aromatic rings. The molecule has 0 saturated heterocycles. The van der Waals surface area contributed by atoms with Crippen LogP contribution in [0.3, 0.4) is 0 Å². The van der Waals surface area contributed by atoms with Crippen LogP contribution in [0.4, 0.5) is 0 Å². The van der Waals surface area contributed by atoms with Gasteiger partial charge in [-0.15, -0.1) is 0 Å². The highest BCUT2D eigenvalue weighted by atomic mass is 35.5. The van der Waals surface area contributed by atoms with Crippen molar-refractivity contribution in [2.75, 3.05) is 13.7 Å². The molecule has 1 N–H and O–H groups in total. The van der Waals surface area contributed by atoms with Gasteiger partial charge in [-0.05, 0) is 24.3 Å². The van der Waals surface area contributed by atoms with E-state index in [4.69, 9.17) is 21.1 Å². The number of rotatable bonds is 5. The molecule has 3 rings (SSSR count). The first kappa shape index (κ1) is 17.6. The number of esters is 1. The van der Waals surface area contributed by atoms with Crippen molar-refractivity contribution >= 4 is 34.1 Å². The van der Waals surface area contributed by atoms with Crippen molar-refractivity contribution in [1.82, 2.24) is 10.2 Å². The molecule has 2 aromatic carbocycles. The van der Waals surface area contributed by atoms with Gasteiger partial charge in [0.05, 0.1) is 17.5 Å². The quantitative estimate of drug-likeness (QED) is 0.546. The Morgan fingerprint density at radius 3 is 2.58 bits per heavy atom. The van der Waals surface area contributed by atoms with Gasteiger partial charge in [-0.2, -0.15) is 5.10 Å². The van der Waals surface area contributed by atoms with E-state index in [0.29, 0.717) is 16.5 Å². The number of hydrogen-bond donors (Lipinski definition) is 1. The average molecular weight is 373 g/mol. The third-order valence-electron chi connectivity index (χ3n) is 3.70. The first-order valence-corrected chi connectivity index (χ1v) is 7.90. The van der Waals surface area contributed by atoms with E-state index in [0.717, 1.165) is 0 Å². The van der Waals surface area contributed by atoms with Crippen LogP contribution in [-0.2, 0) is 4.74 Å². The first-order chi connectivity index (χ1) is 12.5. The van der Waals surface area contributed by atoms with Crippen molar-refractivity contribution in [3.05, 3.63) is 69.1 Å². The number of methoxy groups -OCH3 is 1. The fraction of sp³-hybridized carbons (Fsp3) is 0.111. The molecule has 0 bridgehead atoms. The molecule has 0 saturated carbocycles. The Kier molecular flexibility index (Phi) is 4.99. The molecule has 0 aliphatic rings. The van der Waals surface area contributed by atoms with Crippen molar-refractivity contribution in [2.45, 2.75) is 0 Å². The lowest BCUT2D eigenvalue weighted by Crippen LogP contribution is -2.19. The third-order valence-corrected chi connectivity index (χ3v) is 3.99. The molecule has 0 amide bonds. The van der Waals surface area contributed by atoms with Gasteiger partial charge in [0.15, 0.2) is 18.1 Å². The highest BCUT2D eigenvalue weighted by Gasteiger charge is 2.18. The number of benzene rings is 2. The van der Waals surface area contributed by atoms with Crippen LogP contribution in [0.5, 0.6) is 5.75 Å². The predicted octanol–water partition coefficient (Wildman–Crippen LogP) is 2.62. The van der Waals surface area contributed by atoms with E-state index in [2.05, 4.69) is 10.2 Å². The fourth-order valence-corrected chi connectivity index (χ4v) is 2.65. The SMILES string of the molecule is COc1ccc(C(=O)COC(=O)c2n[nH]c(=O)c3ccccc23)cc1Cl. The zero-order valence-corrected chi connectivity index (χ0v) is 14.4. The molecule has 1 aromatic heterocycles. The summed E-state index contributed by atoms with van der Waals surface area (Å²) in [6.07, 6.45) is 0. The Balaban J connectivity index is 1.77. The average Bonchev–Trinajstić information content (AvgIpc) is 2.66. The van der Waals surface area contributed by atoms with Gasteiger partial charge in [0.25, 0.3) is 5.56 Å². The molecule has 132 valence electrons. The number of ether oxygens (including phenoxy) is 2. The third kappa shape index (κ3) is 3.43. The minimum absolute atomic E-state index is 0.0687. The molecular weight excluding hydrogens is 360 g/mol. The van der Waals surface area contributed by atoms with Crippen molar-refractivity contribution in [1.29, 1.82) is 0 Å². The monoisotopic (exact) mass is 372 g/mol. The van der Waals surface area contributed by atoms with Gasteiger partial charge in [0.2, 0.25) is 0 Å². The lowest BCUT2D eigenvalue weighted by molar-refractivity contribution is 0.0470. The first-order valence-electron chi connectivity index (χ1n) is 7.52. The van der Waals surface area contributed by atoms with Gasteiger partial charge in [-0.1, -0.05) is 29.8 Å². The molecule has 1 heterocycles. The second-order valence-electron chi connectivity index (χ2n) is 5.30. The van der Waals surface area contributed by atoms with E-state index in [1.54, 1.807) is 30.3 Å². The summed E-state index contributed by atoms with van der Waals surface area (Å²) in [6.45, 7) is -0.489. The second-order valence-corrected chi connectivity index (χ2v) is 5.70. The molecule has 0 aliphatic heterocycles. The fourth-order valence-electron chi connectivity index (χ4n) is 2.39. The van der Waals surface area contributed by atoms with Crippen LogP contribution in [-0.4, -0.2) is 35.7 Å². The Morgan fingerprint density at radius 1 is 1.15 bits per heavy atom. The number of halogens is 1. The number of Topliss-reactive ketones (excluding diaryl/α,β-unsaturated/α-hetero) is 1. The van der Waals surface area contributed by atoms with Gasteiger partial charge in [-0.25, -0.2) is 9.89 Å². The van der Waals surface area contributed by atoms with Crippen molar-refractivity contribution in [3.8, 4) is 5.75 Å². The molecular formula is C18H13ClN2O5. The van der Waals surface area contributed by atoms with Gasteiger partial charge in [-0.3, -0.25) is 9.59 Å². The normalized spacial score (nSPS) is 10.5. The van der Waals surface area contributed by atoms with Crippen molar-refractivity contribution in [2.24, 2.45) is 0 Å². The minimum atomic E-state index is -0.814. The number of carbonyl (C=O) groups is 2. The zero-order chi connectivity index (χ0) is 18.7. The van der Waals surface area contributed by atoms with Gasteiger partial charge < -0.3 is 9.47 Å². The van der Waals surface area contributed by atoms with Gasteiger partial charge in [0.1, 0.15) is 5.75 Å². The van der Waals surface area contributed by atoms with E-state index >= 15 is 0 Å². The largest absolute Gasteiger partial charge is 0.495 e. The predicted molar refractivity (Wildman–Crippen MR) is 95.0 cm³/mol. The Hall–Kier alpha value is -3.19. The number of aromatic amines is 1. The van der Waals surface area contributed by atoms with Crippen molar-refractivity contribution < 1.29 is 19.1 Å². The topological polar surface area (TPSA) is 98.3 Å². The molecule has 0 atom stereocenters. The summed E-state index contributed by atoms with van der Waals surface area (Å²) in [4.78, 5) is 36.2. The number of nitrogens with zero attached hydrogens (tertiary/aromatic N) is 1. The number of fused-ring (bicyclic) bond motifs is 1. The summed E-state index contributed by atoms with van der Waals surface area (Å²) in [5, 5.41) is 6.91. The highest BCUT2D eigenvalue weighted by Crippen LogP contribution is 2.25. The highest BCUT2D eigenvalue weighted by molar-refractivity contribution is 6.32. The standard InChI is InChI=1S/C18H13ClN2O5/c1-25-15-7-6-10(8-13(15)19)14(22)9-26-18(24)16-11-4-2-3-5-12(11)17(23)21-20-16/h2-8H,9H2,1H3,(H,21,23). The molecule has 0 radical (unpaired) electrons. The van der Waals surface area contributed by atoms with Crippen LogP contribution in [0.1, 0.15) is 20.8 Å². The summed E-state index contributed by atoms with van der Waals surface area (Å²) >= 11 is 5.98. The van der Waals surface area contributed by atoms with E-state index in [9.17, 15) is 14.4 Å². The van der Waals surface area contributed by atoms with Crippen LogP contribution in [0.25, 0.3) is 10.8 Å². The molecule has 0 unspecified atom stereocenters. The van der Waals surface area contributed by atoms with Gasteiger partial charge >= 0.3 is 5.97 Å². The number of hydrogen-bond acceptors (Lipinski definition) is 6. The number of aromatic nitrogens is 2. The van der Waals surface area contributed by atoms with E-state index in [-0.39, 0.29) is 16.3 Å². The molecule has 0 spiro atoms. The van der Waals surface area contributed by atoms with Crippen LogP contribution in [0.2, 0.25) is 5.02 Å². The summed E-state index contributed by atoms with van der Waals surface area (Å²) in [5.74, 6) is -0.814. The molecule has 26 heavy (non-hydrogen) atoms. The summed E-state index contributed by atoms with van der Waals surface area (Å²) in [5.41, 5.74) is -0.204. The van der Waals surface area contributed by atoms with E-state index < -0.39 is 23.9 Å². The smallest absolute Gasteiger partial charge is 0.359 e. The number of nitrogens with one attached hydrogen (secondary N) is 1. The van der Waals surface area contributed by atoms with Crippen LogP contribution in [0.15, 0.2) is 47.3 Å². The Bertz CT molecular complexity index is 1060. The van der Waals surface area contributed by atoms with Gasteiger partial charge in [0, 0.05) is 10.9 Å². The maximum Gasteiger partial charge on any atom is 0.359 e. The van der Waals surface area contributed by atoms with Crippen LogP contribution < -0.4 is 10.3 Å². The molecule has 7 nitrogen and oxygen atoms in total. The van der Waals surface area contributed by atoms with Crippen molar-refractivity contribution in [3.63, 3.8) is 0 Å². The lowest BCUT2D eigenvalue weighted by atomic mass is 10.1. The van der Waals surface area contributed by atoms with E-state index in [1.165, 1.54) is 19.2 Å². The number of ketones is 1. The maximum atomic E-state index is 12.3. The molecule has 0 fully saturated rings. The van der Waals surface area contributed by atoms with Crippen LogP contribution >= 0.6 is 11.6 Å². The van der Waals surface area contributed by atoms with Crippen LogP contribution in [0, 0.1) is 0 Å². The maximum absolute atomic E-state index is 12.3. The molecule has 0 aliphatic carbocycles. The lowest BCUT2D eigenvalue weighted by Gasteiger charge is -2.07. The zero-order valence-electron chi connectivity index (χ0n) is 13.6. The van der Waals surface area contributed by atoms with E-state index in [1.807, 2.05) is 0 Å². The summed E-state index contributed by atoms with van der Waals surface area (Å²) in [6, 6.07) is 11.0. The number of H-pyrrole nitrogens is 1.